The molecule has 1 atom stereocenters. The zero-order valence-corrected chi connectivity index (χ0v) is 9.71. The Kier molecular flexibility index (Phi) is 4.12. The van der Waals surface area contributed by atoms with Crippen molar-refractivity contribution < 1.29 is 14.6 Å². The van der Waals surface area contributed by atoms with Gasteiger partial charge in [-0.05, 0) is 5.56 Å². The van der Waals surface area contributed by atoms with Crippen LogP contribution in [0.5, 0.6) is 0 Å². The number of benzene rings is 1. The van der Waals surface area contributed by atoms with Crippen molar-refractivity contribution in [2.75, 3.05) is 19.8 Å². The topological polar surface area (TPSA) is 49.8 Å². The zero-order chi connectivity index (χ0) is 12.1. The molecule has 0 amide bonds. The maximum atomic E-state index is 10.8. The number of morpholine rings is 1. The summed E-state index contributed by atoms with van der Waals surface area (Å²) in [5.41, 5.74) is 1.21. The van der Waals surface area contributed by atoms with Crippen molar-refractivity contribution in [2.45, 2.75) is 19.0 Å². The van der Waals surface area contributed by atoms with E-state index in [0.717, 1.165) is 13.1 Å². The SMILES string of the molecule is O=C(O)C[C@@H]1COCCN1Cc1ccccc1. The van der Waals surface area contributed by atoms with Crippen LogP contribution in [0, 0.1) is 0 Å². The number of nitrogens with zero attached hydrogens (tertiary/aromatic N) is 1. The van der Waals surface area contributed by atoms with Crippen molar-refractivity contribution in [3.8, 4) is 0 Å². The van der Waals surface area contributed by atoms with Gasteiger partial charge in [-0.2, -0.15) is 0 Å². The summed E-state index contributed by atoms with van der Waals surface area (Å²) in [5.74, 6) is -0.765. The molecule has 0 radical (unpaired) electrons. The molecule has 1 saturated heterocycles. The first-order valence-corrected chi connectivity index (χ1v) is 5.83. The van der Waals surface area contributed by atoms with Crippen LogP contribution in [0.4, 0.5) is 0 Å². The highest BCUT2D eigenvalue weighted by Crippen LogP contribution is 2.14. The molecule has 4 heteroatoms. The van der Waals surface area contributed by atoms with Crippen molar-refractivity contribution in [2.24, 2.45) is 0 Å². The van der Waals surface area contributed by atoms with E-state index in [4.69, 9.17) is 9.84 Å². The van der Waals surface area contributed by atoms with Gasteiger partial charge in [0.15, 0.2) is 0 Å². The number of rotatable bonds is 4. The van der Waals surface area contributed by atoms with Gasteiger partial charge in [-0.15, -0.1) is 0 Å². The second-order valence-electron chi connectivity index (χ2n) is 4.28. The Hall–Kier alpha value is -1.39. The molecular formula is C13H17NO3. The van der Waals surface area contributed by atoms with Gasteiger partial charge in [-0.25, -0.2) is 0 Å². The van der Waals surface area contributed by atoms with Crippen LogP contribution in [0.1, 0.15) is 12.0 Å². The maximum absolute atomic E-state index is 10.8. The molecule has 0 unspecified atom stereocenters. The third-order valence-corrected chi connectivity index (χ3v) is 2.99. The smallest absolute Gasteiger partial charge is 0.305 e. The maximum Gasteiger partial charge on any atom is 0.305 e. The molecule has 0 aromatic heterocycles. The molecule has 0 bridgehead atoms. The van der Waals surface area contributed by atoms with Gasteiger partial charge >= 0.3 is 5.97 Å². The number of carboxylic acids is 1. The van der Waals surface area contributed by atoms with E-state index < -0.39 is 5.97 Å². The normalized spacial score (nSPS) is 21.3. The summed E-state index contributed by atoms with van der Waals surface area (Å²) in [6.07, 6.45) is 0.146. The third-order valence-electron chi connectivity index (χ3n) is 2.99. The van der Waals surface area contributed by atoms with Crippen LogP contribution in [0.2, 0.25) is 0 Å². The van der Waals surface area contributed by atoms with E-state index in [0.29, 0.717) is 13.2 Å². The highest BCUT2D eigenvalue weighted by atomic mass is 16.5. The largest absolute Gasteiger partial charge is 0.481 e. The van der Waals surface area contributed by atoms with Crippen molar-refractivity contribution >= 4 is 5.97 Å². The van der Waals surface area contributed by atoms with Crippen LogP contribution in [-0.2, 0) is 16.1 Å². The van der Waals surface area contributed by atoms with Crippen LogP contribution in [0.15, 0.2) is 30.3 Å². The minimum Gasteiger partial charge on any atom is -0.481 e. The van der Waals surface area contributed by atoms with Crippen LogP contribution in [0.3, 0.4) is 0 Å². The molecule has 1 fully saturated rings. The highest BCUT2D eigenvalue weighted by molar-refractivity contribution is 5.67. The van der Waals surface area contributed by atoms with E-state index >= 15 is 0 Å². The minimum absolute atomic E-state index is 0.0125. The standard InChI is InChI=1S/C13H17NO3/c15-13(16)8-12-10-17-7-6-14(12)9-11-4-2-1-3-5-11/h1-5,12H,6-10H2,(H,15,16)/t12-/m1/s1. The molecule has 92 valence electrons. The molecule has 17 heavy (non-hydrogen) atoms. The average molecular weight is 235 g/mol. The highest BCUT2D eigenvalue weighted by Gasteiger charge is 2.25. The predicted octanol–water partition coefficient (Wildman–Crippen LogP) is 1.36. The van der Waals surface area contributed by atoms with Gasteiger partial charge in [0.2, 0.25) is 0 Å². The van der Waals surface area contributed by atoms with Crippen LogP contribution in [0.25, 0.3) is 0 Å². The predicted molar refractivity (Wildman–Crippen MR) is 63.7 cm³/mol. The second-order valence-corrected chi connectivity index (χ2v) is 4.28. The fourth-order valence-electron chi connectivity index (χ4n) is 2.10. The molecule has 0 spiro atoms. The van der Waals surface area contributed by atoms with Gasteiger partial charge in [0.05, 0.1) is 19.6 Å². The lowest BCUT2D eigenvalue weighted by molar-refractivity contribution is -0.140. The summed E-state index contributed by atoms with van der Waals surface area (Å²) in [6, 6.07) is 10.1. The number of hydrogen-bond donors (Lipinski definition) is 1. The molecule has 4 nitrogen and oxygen atoms in total. The second kappa shape index (κ2) is 5.80. The van der Waals surface area contributed by atoms with Gasteiger partial charge in [0, 0.05) is 19.1 Å². The van der Waals surface area contributed by atoms with E-state index in [2.05, 4.69) is 17.0 Å². The fourth-order valence-corrected chi connectivity index (χ4v) is 2.10. The molecule has 2 rings (SSSR count). The zero-order valence-electron chi connectivity index (χ0n) is 9.71. The Morgan fingerprint density at radius 3 is 2.88 bits per heavy atom. The van der Waals surface area contributed by atoms with Gasteiger partial charge in [-0.1, -0.05) is 30.3 Å². The van der Waals surface area contributed by atoms with E-state index in [-0.39, 0.29) is 12.5 Å². The molecule has 1 aromatic rings. The summed E-state index contributed by atoms with van der Waals surface area (Å²) in [7, 11) is 0. The minimum atomic E-state index is -0.765. The molecule has 1 aliphatic heterocycles. The Morgan fingerprint density at radius 1 is 1.41 bits per heavy atom. The quantitative estimate of drug-likeness (QED) is 0.856. The van der Waals surface area contributed by atoms with Crippen molar-refractivity contribution in [1.82, 2.24) is 4.90 Å². The van der Waals surface area contributed by atoms with Crippen molar-refractivity contribution in [3.05, 3.63) is 35.9 Å². The first-order chi connectivity index (χ1) is 8.25. The number of carboxylic acid groups (broad SMARTS) is 1. The van der Waals surface area contributed by atoms with Crippen LogP contribution in [-0.4, -0.2) is 41.8 Å². The van der Waals surface area contributed by atoms with Crippen LogP contribution >= 0.6 is 0 Å². The Morgan fingerprint density at radius 2 is 2.18 bits per heavy atom. The number of hydrogen-bond acceptors (Lipinski definition) is 3. The molecule has 0 saturated carbocycles. The lowest BCUT2D eigenvalue weighted by atomic mass is 10.1. The molecule has 0 aliphatic carbocycles. The number of ether oxygens (including phenoxy) is 1. The Balaban J connectivity index is 1.99. The molecule has 1 N–H and O–H groups in total. The Bertz CT molecular complexity index is 366. The fraction of sp³-hybridized carbons (Fsp3) is 0.462. The van der Waals surface area contributed by atoms with Gasteiger partial charge in [0.25, 0.3) is 0 Å². The van der Waals surface area contributed by atoms with E-state index in [1.54, 1.807) is 0 Å². The van der Waals surface area contributed by atoms with Crippen molar-refractivity contribution in [1.29, 1.82) is 0 Å². The summed E-state index contributed by atoms with van der Waals surface area (Å²) >= 11 is 0. The third kappa shape index (κ3) is 3.54. The average Bonchev–Trinajstić information content (AvgIpc) is 2.32. The Labute approximate surface area is 101 Å². The summed E-state index contributed by atoms with van der Waals surface area (Å²) < 4.78 is 5.35. The lowest BCUT2D eigenvalue weighted by Crippen LogP contribution is -2.45. The van der Waals surface area contributed by atoms with Gasteiger partial charge < -0.3 is 9.84 Å². The van der Waals surface area contributed by atoms with E-state index in [1.807, 2.05) is 18.2 Å². The summed E-state index contributed by atoms with van der Waals surface area (Å²) in [4.78, 5) is 13.0. The molecule has 1 aromatic carbocycles. The summed E-state index contributed by atoms with van der Waals surface area (Å²) in [5, 5.41) is 8.87. The lowest BCUT2D eigenvalue weighted by Gasteiger charge is -2.34. The molecular weight excluding hydrogens is 218 g/mol. The van der Waals surface area contributed by atoms with E-state index in [9.17, 15) is 4.79 Å². The van der Waals surface area contributed by atoms with E-state index in [1.165, 1.54) is 5.56 Å². The molecule has 1 heterocycles. The van der Waals surface area contributed by atoms with Gasteiger partial charge in [-0.3, -0.25) is 9.69 Å². The summed E-state index contributed by atoms with van der Waals surface area (Å²) in [6.45, 7) is 2.79. The first kappa shape index (κ1) is 12.1. The first-order valence-electron chi connectivity index (χ1n) is 5.83. The number of carbonyl (C=O) groups is 1. The van der Waals surface area contributed by atoms with Crippen LogP contribution < -0.4 is 0 Å². The van der Waals surface area contributed by atoms with Gasteiger partial charge in [0.1, 0.15) is 0 Å². The van der Waals surface area contributed by atoms with Crippen molar-refractivity contribution in [3.63, 3.8) is 0 Å². The molecule has 1 aliphatic rings. The number of aliphatic carboxylic acids is 1. The monoisotopic (exact) mass is 235 g/mol.